The van der Waals surface area contributed by atoms with Crippen LogP contribution in [0, 0.1) is 0 Å². The third kappa shape index (κ3) is 3.91. The molecule has 1 fully saturated rings. The Morgan fingerprint density at radius 2 is 2.05 bits per heavy atom. The van der Waals surface area contributed by atoms with Crippen LogP contribution in [-0.4, -0.2) is 31.0 Å². The zero-order chi connectivity index (χ0) is 14.5. The van der Waals surface area contributed by atoms with E-state index in [1.165, 1.54) is 24.3 Å². The van der Waals surface area contributed by atoms with Crippen LogP contribution in [0.15, 0.2) is 24.3 Å². The second-order valence-corrected chi connectivity index (χ2v) is 4.42. The highest BCUT2D eigenvalue weighted by Crippen LogP contribution is 2.15. The second-order valence-electron chi connectivity index (χ2n) is 4.42. The maximum absolute atomic E-state index is 12.0. The summed E-state index contributed by atoms with van der Waals surface area (Å²) in [7, 11) is 0. The zero-order valence-electron chi connectivity index (χ0n) is 10.6. The number of piperidine rings is 1. The van der Waals surface area contributed by atoms with Gasteiger partial charge in [0.2, 0.25) is 5.91 Å². The van der Waals surface area contributed by atoms with E-state index in [1.54, 1.807) is 0 Å². The summed E-state index contributed by atoms with van der Waals surface area (Å²) in [5.41, 5.74) is 0.350. The Hall–Kier alpha value is -2.18. The highest BCUT2D eigenvalue weighted by Gasteiger charge is 2.20. The minimum atomic E-state index is -2.89. The van der Waals surface area contributed by atoms with Gasteiger partial charge in [-0.3, -0.25) is 9.59 Å². The molecule has 0 aliphatic carbocycles. The molecule has 1 aromatic carbocycles. The Labute approximate surface area is 114 Å². The Balaban J connectivity index is 1.90. The highest BCUT2D eigenvalue weighted by molar-refractivity contribution is 5.94. The summed E-state index contributed by atoms with van der Waals surface area (Å²) in [4.78, 5) is 22.9. The minimum absolute atomic E-state index is 0.00137. The molecule has 7 heteroatoms. The van der Waals surface area contributed by atoms with Gasteiger partial charge in [-0.05, 0) is 30.7 Å². The van der Waals surface area contributed by atoms with Gasteiger partial charge in [0.1, 0.15) is 5.75 Å². The molecule has 0 bridgehead atoms. The van der Waals surface area contributed by atoms with Gasteiger partial charge in [-0.25, -0.2) is 0 Å². The molecule has 2 N–H and O–H groups in total. The molecule has 0 saturated carbocycles. The van der Waals surface area contributed by atoms with Crippen LogP contribution in [0.5, 0.6) is 5.75 Å². The van der Waals surface area contributed by atoms with E-state index in [0.29, 0.717) is 24.9 Å². The van der Waals surface area contributed by atoms with E-state index in [-0.39, 0.29) is 23.6 Å². The van der Waals surface area contributed by atoms with Crippen molar-refractivity contribution in [2.24, 2.45) is 0 Å². The number of hydrogen-bond donors (Lipinski definition) is 2. The summed E-state index contributed by atoms with van der Waals surface area (Å²) in [6, 6.07) is 5.33. The fraction of sp³-hybridized carbons (Fsp3) is 0.385. The van der Waals surface area contributed by atoms with Gasteiger partial charge >= 0.3 is 6.61 Å². The number of rotatable bonds is 4. The number of nitrogens with one attached hydrogen (secondary N) is 2. The summed E-state index contributed by atoms with van der Waals surface area (Å²) in [6.45, 7) is -2.49. The van der Waals surface area contributed by atoms with Crippen LogP contribution >= 0.6 is 0 Å². The molecule has 1 aromatic rings. The molecule has 5 nitrogen and oxygen atoms in total. The molecule has 0 aromatic heterocycles. The van der Waals surface area contributed by atoms with Gasteiger partial charge in [-0.1, -0.05) is 0 Å². The van der Waals surface area contributed by atoms with Crippen molar-refractivity contribution in [1.29, 1.82) is 0 Å². The largest absolute Gasteiger partial charge is 0.435 e. The van der Waals surface area contributed by atoms with Crippen molar-refractivity contribution in [3.63, 3.8) is 0 Å². The quantitative estimate of drug-likeness (QED) is 0.875. The van der Waals surface area contributed by atoms with Gasteiger partial charge < -0.3 is 15.4 Å². The van der Waals surface area contributed by atoms with Crippen molar-refractivity contribution < 1.29 is 23.1 Å². The molecule has 108 valence electrons. The number of hydrogen-bond acceptors (Lipinski definition) is 3. The van der Waals surface area contributed by atoms with Gasteiger partial charge in [-0.15, -0.1) is 0 Å². The van der Waals surface area contributed by atoms with E-state index in [4.69, 9.17) is 0 Å². The average Bonchev–Trinajstić information content (AvgIpc) is 2.41. The molecule has 2 amide bonds. The number of alkyl halides is 2. The fourth-order valence-corrected chi connectivity index (χ4v) is 1.91. The topological polar surface area (TPSA) is 67.4 Å². The van der Waals surface area contributed by atoms with Crippen LogP contribution in [0.2, 0.25) is 0 Å². The summed E-state index contributed by atoms with van der Waals surface area (Å²) in [5, 5.41) is 5.44. The van der Waals surface area contributed by atoms with E-state index in [1.807, 2.05) is 0 Å². The molecular formula is C13H14F2N2O3. The molecule has 20 heavy (non-hydrogen) atoms. The van der Waals surface area contributed by atoms with Crippen molar-refractivity contribution in [3.05, 3.63) is 29.8 Å². The predicted molar refractivity (Wildman–Crippen MR) is 66.6 cm³/mol. The van der Waals surface area contributed by atoms with E-state index in [2.05, 4.69) is 15.4 Å². The van der Waals surface area contributed by atoms with Crippen LogP contribution in [0.4, 0.5) is 8.78 Å². The second kappa shape index (κ2) is 6.31. The third-order valence-corrected chi connectivity index (χ3v) is 2.94. The lowest BCUT2D eigenvalue weighted by molar-refractivity contribution is -0.122. The van der Waals surface area contributed by atoms with Crippen molar-refractivity contribution in [2.45, 2.75) is 25.5 Å². The molecule has 1 atom stereocenters. The van der Waals surface area contributed by atoms with Crippen LogP contribution in [0.1, 0.15) is 23.2 Å². The van der Waals surface area contributed by atoms with Gasteiger partial charge in [0.15, 0.2) is 0 Å². The minimum Gasteiger partial charge on any atom is -0.435 e. The van der Waals surface area contributed by atoms with E-state index in [0.717, 1.165) is 0 Å². The molecule has 1 aliphatic rings. The van der Waals surface area contributed by atoms with Gasteiger partial charge in [0.25, 0.3) is 5.91 Å². The molecule has 2 rings (SSSR count). The van der Waals surface area contributed by atoms with Gasteiger partial charge in [0.05, 0.1) is 0 Å². The highest BCUT2D eigenvalue weighted by atomic mass is 19.3. The lowest BCUT2D eigenvalue weighted by atomic mass is 10.1. The Kier molecular flexibility index (Phi) is 4.49. The molecule has 0 spiro atoms. The Morgan fingerprint density at radius 3 is 2.60 bits per heavy atom. The van der Waals surface area contributed by atoms with Crippen molar-refractivity contribution in [3.8, 4) is 5.75 Å². The first kappa shape index (κ1) is 14.2. The number of carbonyl (C=O) groups is 2. The normalized spacial score (nSPS) is 18.6. The smallest absolute Gasteiger partial charge is 0.387 e. The first-order chi connectivity index (χ1) is 9.54. The lowest BCUT2D eigenvalue weighted by Gasteiger charge is -2.23. The number of carbonyl (C=O) groups excluding carboxylic acids is 2. The Morgan fingerprint density at radius 1 is 1.35 bits per heavy atom. The third-order valence-electron chi connectivity index (χ3n) is 2.94. The summed E-state index contributed by atoms with van der Waals surface area (Å²) < 4.78 is 28.2. The molecule has 0 radical (unpaired) electrons. The number of benzene rings is 1. The molecular weight excluding hydrogens is 270 g/mol. The zero-order valence-corrected chi connectivity index (χ0v) is 10.6. The maximum Gasteiger partial charge on any atom is 0.387 e. The van der Waals surface area contributed by atoms with E-state index >= 15 is 0 Å². The maximum atomic E-state index is 12.0. The fourth-order valence-electron chi connectivity index (χ4n) is 1.91. The molecule has 1 saturated heterocycles. The monoisotopic (exact) mass is 284 g/mol. The Bertz CT molecular complexity index is 481. The summed E-state index contributed by atoms with van der Waals surface area (Å²) in [5.74, 6) is -0.333. The standard InChI is InChI=1S/C13H14F2N2O3/c14-13(15)20-10-4-1-8(2-5-10)12(19)17-9-3-6-11(18)16-7-9/h1-2,4-5,9,13H,3,6-7H2,(H,16,18)(H,17,19). The predicted octanol–water partition coefficient (Wildman–Crippen LogP) is 1.30. The average molecular weight is 284 g/mol. The first-order valence-electron chi connectivity index (χ1n) is 6.17. The van der Waals surface area contributed by atoms with Crippen LogP contribution in [-0.2, 0) is 4.79 Å². The molecule has 1 aliphatic heterocycles. The first-order valence-corrected chi connectivity index (χ1v) is 6.17. The van der Waals surface area contributed by atoms with Crippen molar-refractivity contribution in [1.82, 2.24) is 10.6 Å². The number of halogens is 2. The van der Waals surface area contributed by atoms with E-state index in [9.17, 15) is 18.4 Å². The van der Waals surface area contributed by atoms with Crippen LogP contribution in [0.25, 0.3) is 0 Å². The van der Waals surface area contributed by atoms with Gasteiger partial charge in [0, 0.05) is 24.6 Å². The van der Waals surface area contributed by atoms with E-state index < -0.39 is 6.61 Å². The van der Waals surface area contributed by atoms with Crippen molar-refractivity contribution in [2.75, 3.05) is 6.54 Å². The van der Waals surface area contributed by atoms with Gasteiger partial charge in [-0.2, -0.15) is 8.78 Å². The summed E-state index contributed by atoms with van der Waals surface area (Å²) >= 11 is 0. The van der Waals surface area contributed by atoms with Crippen molar-refractivity contribution >= 4 is 11.8 Å². The van der Waals surface area contributed by atoms with Crippen LogP contribution < -0.4 is 15.4 Å². The number of ether oxygens (including phenoxy) is 1. The molecule has 1 heterocycles. The summed E-state index contributed by atoms with van der Waals surface area (Å²) in [6.07, 6.45) is 0.969. The number of amides is 2. The lowest BCUT2D eigenvalue weighted by Crippen LogP contribution is -2.47. The molecule has 1 unspecified atom stereocenters. The SMILES string of the molecule is O=C1CCC(NC(=O)c2ccc(OC(F)F)cc2)CN1. The van der Waals surface area contributed by atoms with Crippen LogP contribution in [0.3, 0.4) is 0 Å².